The number of aromatic nitrogens is 2. The highest BCUT2D eigenvalue weighted by molar-refractivity contribution is 9.10. The molecular weight excluding hydrogens is 529 g/mol. The van der Waals surface area contributed by atoms with Crippen LogP contribution in [-0.2, 0) is 6.61 Å². The molecule has 0 unspecified atom stereocenters. The Morgan fingerprint density at radius 2 is 1.87 bits per heavy atom. The van der Waals surface area contributed by atoms with Gasteiger partial charge in [0.1, 0.15) is 24.0 Å². The lowest BCUT2D eigenvalue weighted by Crippen LogP contribution is -2.20. The maximum Gasteiger partial charge on any atom is 0.282 e. The van der Waals surface area contributed by atoms with E-state index in [1.807, 2.05) is 18.2 Å². The summed E-state index contributed by atoms with van der Waals surface area (Å²) in [5, 5.41) is 4.83. The zero-order valence-corrected chi connectivity index (χ0v) is 19.5. The van der Waals surface area contributed by atoms with Crippen molar-refractivity contribution in [2.75, 3.05) is 0 Å². The molecule has 4 rings (SSSR count). The predicted molar refractivity (Wildman–Crippen MR) is 126 cm³/mol. The zero-order chi connectivity index (χ0) is 22.0. The highest BCUT2D eigenvalue weighted by Gasteiger charge is 2.09. The summed E-state index contributed by atoms with van der Waals surface area (Å²) in [5.74, 6) is 0.704. The van der Waals surface area contributed by atoms with Crippen molar-refractivity contribution in [1.29, 1.82) is 0 Å². The third kappa shape index (κ3) is 4.91. The molecule has 1 aromatic heterocycles. The van der Waals surface area contributed by atoms with Crippen LogP contribution in [0.2, 0.25) is 0 Å². The molecule has 0 aliphatic carbocycles. The van der Waals surface area contributed by atoms with Crippen molar-refractivity contribution < 1.29 is 9.13 Å². The van der Waals surface area contributed by atoms with Crippen LogP contribution in [0.4, 0.5) is 4.39 Å². The van der Waals surface area contributed by atoms with Gasteiger partial charge in [0.2, 0.25) is 0 Å². The van der Waals surface area contributed by atoms with Gasteiger partial charge in [-0.3, -0.25) is 4.79 Å². The van der Waals surface area contributed by atoms with Crippen LogP contribution >= 0.6 is 31.9 Å². The number of rotatable bonds is 5. The second-order valence-corrected chi connectivity index (χ2v) is 8.61. The standard InChI is InChI=1S/C23H16Br2FN3O2/c1-14-28-21-7-5-18(25)11-20(21)23(30)29(14)27-12-16-10-17(24)6-8-22(16)31-13-15-3-2-4-19(26)9-15/h2-12H,13H2,1H3. The maximum absolute atomic E-state index is 13.4. The quantitative estimate of drug-likeness (QED) is 0.297. The topological polar surface area (TPSA) is 56.5 Å². The second-order valence-electron chi connectivity index (χ2n) is 6.78. The summed E-state index contributed by atoms with van der Waals surface area (Å²) in [5.41, 5.74) is 1.71. The van der Waals surface area contributed by atoms with Gasteiger partial charge in [0.15, 0.2) is 0 Å². The highest BCUT2D eigenvalue weighted by atomic mass is 79.9. The molecule has 0 radical (unpaired) electrons. The third-order valence-electron chi connectivity index (χ3n) is 4.54. The van der Waals surface area contributed by atoms with Gasteiger partial charge in [-0.05, 0) is 61.0 Å². The van der Waals surface area contributed by atoms with Crippen LogP contribution in [0, 0.1) is 12.7 Å². The summed E-state index contributed by atoms with van der Waals surface area (Å²) in [4.78, 5) is 17.4. The first-order valence-electron chi connectivity index (χ1n) is 9.31. The number of benzene rings is 3. The Morgan fingerprint density at radius 1 is 1.10 bits per heavy atom. The van der Waals surface area contributed by atoms with Gasteiger partial charge in [0, 0.05) is 14.5 Å². The Hall–Kier alpha value is -2.84. The van der Waals surface area contributed by atoms with Crippen LogP contribution in [-0.4, -0.2) is 15.9 Å². The van der Waals surface area contributed by atoms with E-state index in [0.29, 0.717) is 33.6 Å². The molecule has 5 nitrogen and oxygen atoms in total. The average molecular weight is 545 g/mol. The lowest BCUT2D eigenvalue weighted by atomic mass is 10.2. The Bertz CT molecular complexity index is 1370. The molecule has 0 spiro atoms. The van der Waals surface area contributed by atoms with E-state index < -0.39 is 0 Å². The molecule has 0 bridgehead atoms. The van der Waals surface area contributed by atoms with Gasteiger partial charge in [-0.25, -0.2) is 9.37 Å². The fourth-order valence-electron chi connectivity index (χ4n) is 3.06. The molecule has 1 heterocycles. The molecule has 0 atom stereocenters. The predicted octanol–water partition coefficient (Wildman–Crippen LogP) is 5.83. The van der Waals surface area contributed by atoms with Gasteiger partial charge in [-0.15, -0.1) is 0 Å². The largest absolute Gasteiger partial charge is 0.488 e. The third-order valence-corrected chi connectivity index (χ3v) is 5.52. The van der Waals surface area contributed by atoms with Crippen molar-refractivity contribution in [1.82, 2.24) is 9.66 Å². The summed E-state index contributed by atoms with van der Waals surface area (Å²) in [6, 6.07) is 17.0. The fraction of sp³-hybridized carbons (Fsp3) is 0.0870. The minimum absolute atomic E-state index is 0.199. The van der Waals surface area contributed by atoms with Crippen molar-refractivity contribution in [2.24, 2.45) is 5.10 Å². The van der Waals surface area contributed by atoms with Crippen molar-refractivity contribution in [3.63, 3.8) is 0 Å². The van der Waals surface area contributed by atoms with Crippen LogP contribution in [0.25, 0.3) is 10.9 Å². The number of fused-ring (bicyclic) bond motifs is 1. The fourth-order valence-corrected chi connectivity index (χ4v) is 3.80. The van der Waals surface area contributed by atoms with Crippen LogP contribution in [0.3, 0.4) is 0 Å². The highest BCUT2D eigenvalue weighted by Crippen LogP contribution is 2.23. The lowest BCUT2D eigenvalue weighted by molar-refractivity contribution is 0.305. The van der Waals surface area contributed by atoms with E-state index in [4.69, 9.17) is 4.74 Å². The summed E-state index contributed by atoms with van der Waals surface area (Å²) < 4.78 is 22.2. The summed E-state index contributed by atoms with van der Waals surface area (Å²) in [7, 11) is 0. The summed E-state index contributed by atoms with van der Waals surface area (Å²) >= 11 is 6.83. The number of halogens is 3. The van der Waals surface area contributed by atoms with Gasteiger partial charge >= 0.3 is 0 Å². The Kier molecular flexibility index (Phi) is 6.29. The average Bonchev–Trinajstić information content (AvgIpc) is 2.74. The minimum atomic E-state index is -0.316. The molecule has 8 heteroatoms. The van der Waals surface area contributed by atoms with Crippen molar-refractivity contribution in [3.8, 4) is 5.75 Å². The van der Waals surface area contributed by atoms with E-state index in [1.54, 1.807) is 43.5 Å². The number of nitrogens with zero attached hydrogens (tertiary/aromatic N) is 3. The number of hydrogen-bond donors (Lipinski definition) is 0. The Balaban J connectivity index is 1.68. The second kappa shape index (κ2) is 9.11. The molecule has 0 amide bonds. The van der Waals surface area contributed by atoms with Crippen LogP contribution < -0.4 is 10.3 Å². The van der Waals surface area contributed by atoms with Crippen LogP contribution in [0.1, 0.15) is 17.0 Å². The Morgan fingerprint density at radius 3 is 2.68 bits per heavy atom. The van der Waals surface area contributed by atoms with E-state index in [1.165, 1.54) is 16.8 Å². The molecule has 3 aromatic carbocycles. The maximum atomic E-state index is 13.4. The van der Waals surface area contributed by atoms with Crippen LogP contribution in [0.15, 0.2) is 79.5 Å². The van der Waals surface area contributed by atoms with Crippen LogP contribution in [0.5, 0.6) is 5.75 Å². The number of ether oxygens (including phenoxy) is 1. The summed E-state index contributed by atoms with van der Waals surface area (Å²) in [6.45, 7) is 1.92. The van der Waals surface area contributed by atoms with E-state index in [0.717, 1.165) is 8.95 Å². The molecule has 0 aliphatic heterocycles. The van der Waals surface area contributed by atoms with Crippen molar-refractivity contribution in [3.05, 3.63) is 103 Å². The van der Waals surface area contributed by atoms with Gasteiger partial charge in [-0.2, -0.15) is 9.78 Å². The number of aryl methyl sites for hydroxylation is 1. The molecule has 0 saturated heterocycles. The van der Waals surface area contributed by atoms with E-state index in [-0.39, 0.29) is 18.0 Å². The van der Waals surface area contributed by atoms with Gasteiger partial charge < -0.3 is 4.74 Å². The number of hydrogen-bond acceptors (Lipinski definition) is 4. The normalized spacial score (nSPS) is 11.4. The van der Waals surface area contributed by atoms with E-state index in [9.17, 15) is 9.18 Å². The Labute approximate surface area is 194 Å². The molecule has 0 saturated carbocycles. The molecule has 0 N–H and O–H groups in total. The van der Waals surface area contributed by atoms with E-state index >= 15 is 0 Å². The molecule has 31 heavy (non-hydrogen) atoms. The smallest absolute Gasteiger partial charge is 0.282 e. The van der Waals surface area contributed by atoms with Crippen molar-refractivity contribution in [2.45, 2.75) is 13.5 Å². The first-order valence-corrected chi connectivity index (χ1v) is 10.9. The molecular formula is C23H16Br2FN3O2. The molecule has 0 aliphatic rings. The molecule has 0 fully saturated rings. The van der Waals surface area contributed by atoms with Crippen molar-refractivity contribution >= 4 is 49.0 Å². The van der Waals surface area contributed by atoms with E-state index in [2.05, 4.69) is 41.9 Å². The summed E-state index contributed by atoms with van der Waals surface area (Å²) in [6.07, 6.45) is 1.55. The zero-order valence-electron chi connectivity index (χ0n) is 16.3. The molecule has 4 aromatic rings. The first kappa shape index (κ1) is 21.4. The first-order chi connectivity index (χ1) is 14.9. The molecule has 156 valence electrons. The van der Waals surface area contributed by atoms with Gasteiger partial charge in [0.25, 0.3) is 5.56 Å². The minimum Gasteiger partial charge on any atom is -0.488 e. The monoisotopic (exact) mass is 543 g/mol. The van der Waals surface area contributed by atoms with Gasteiger partial charge in [0.05, 0.1) is 17.1 Å². The SMILES string of the molecule is Cc1nc2ccc(Br)cc2c(=O)n1N=Cc1cc(Br)ccc1OCc1cccc(F)c1. The van der Waals surface area contributed by atoms with Gasteiger partial charge in [-0.1, -0.05) is 44.0 Å². The lowest BCUT2D eigenvalue weighted by Gasteiger charge is -2.10.